The lowest BCUT2D eigenvalue weighted by molar-refractivity contribution is -0.142. The molecule has 0 aliphatic heterocycles. The summed E-state index contributed by atoms with van der Waals surface area (Å²) in [6.45, 7) is 1.88. The van der Waals surface area contributed by atoms with Crippen molar-refractivity contribution in [3.63, 3.8) is 0 Å². The van der Waals surface area contributed by atoms with Crippen LogP contribution in [0.2, 0.25) is 0 Å². The van der Waals surface area contributed by atoms with Gasteiger partial charge in [0, 0.05) is 22.8 Å². The summed E-state index contributed by atoms with van der Waals surface area (Å²) in [5.74, 6) is -0.819. The molecule has 3 saturated carbocycles. The number of halogens is 4. The molecule has 0 spiro atoms. The second-order valence-corrected chi connectivity index (χ2v) is 7.30. The number of aromatic nitrogens is 2. The standard InChI is InChI=1S/C16H17F3N4O2.ClH/c1-8(14-5-15(20,6-14)7-14)21-11-4-9(12-22-23-13(24)25-12)2-3-10(11)16(17,18)19;/h2-4,8,21H,5-7,20H2,1H3,(H,23,24);1H/t8-,14?,15?;/m0./s1. The largest absolute Gasteiger partial charge is 0.434 e. The molecule has 2 aromatic rings. The number of nitrogens with two attached hydrogens (primary N) is 1. The molecule has 0 saturated heterocycles. The van der Waals surface area contributed by atoms with Crippen molar-refractivity contribution in [2.45, 2.75) is 43.9 Å². The first kappa shape index (κ1) is 18.8. The van der Waals surface area contributed by atoms with Crippen LogP contribution in [0.15, 0.2) is 27.4 Å². The molecule has 1 aromatic carbocycles. The molecular weight excluding hydrogens is 373 g/mol. The van der Waals surface area contributed by atoms with Gasteiger partial charge in [-0.25, -0.2) is 9.89 Å². The number of nitrogens with one attached hydrogen (secondary N) is 2. The summed E-state index contributed by atoms with van der Waals surface area (Å²) in [5, 5.41) is 8.76. The fraction of sp³-hybridized carbons (Fsp3) is 0.500. The average molecular weight is 391 g/mol. The van der Waals surface area contributed by atoms with Crippen LogP contribution in [0.3, 0.4) is 0 Å². The zero-order valence-corrected chi connectivity index (χ0v) is 14.6. The highest BCUT2D eigenvalue weighted by molar-refractivity contribution is 5.85. The van der Waals surface area contributed by atoms with Crippen LogP contribution in [0.25, 0.3) is 11.5 Å². The average Bonchev–Trinajstić information content (AvgIpc) is 2.88. The third-order valence-electron chi connectivity index (χ3n) is 5.41. The Balaban J connectivity index is 0.00000196. The smallest absolute Gasteiger partial charge is 0.388 e. The summed E-state index contributed by atoms with van der Waals surface area (Å²) in [7, 11) is 0. The predicted octanol–water partition coefficient (Wildman–Crippen LogP) is 3.15. The molecule has 1 heterocycles. The van der Waals surface area contributed by atoms with E-state index in [4.69, 9.17) is 10.2 Å². The fourth-order valence-corrected chi connectivity index (χ4v) is 4.19. The molecule has 142 valence electrons. The van der Waals surface area contributed by atoms with Crippen LogP contribution in [0, 0.1) is 5.41 Å². The van der Waals surface area contributed by atoms with E-state index in [2.05, 4.69) is 15.5 Å². The maximum Gasteiger partial charge on any atom is 0.434 e. The van der Waals surface area contributed by atoms with Crippen LogP contribution < -0.4 is 16.8 Å². The molecule has 4 N–H and O–H groups in total. The summed E-state index contributed by atoms with van der Waals surface area (Å²) >= 11 is 0. The summed E-state index contributed by atoms with van der Waals surface area (Å²) in [6, 6.07) is 3.35. The third kappa shape index (κ3) is 2.88. The number of hydrogen-bond donors (Lipinski definition) is 3. The quantitative estimate of drug-likeness (QED) is 0.745. The van der Waals surface area contributed by atoms with E-state index in [1.165, 1.54) is 12.1 Å². The fourth-order valence-electron chi connectivity index (χ4n) is 4.19. The molecular formula is C16H18ClF3N4O2. The van der Waals surface area contributed by atoms with Gasteiger partial charge in [-0.2, -0.15) is 13.2 Å². The summed E-state index contributed by atoms with van der Waals surface area (Å²) in [4.78, 5) is 11.1. The van der Waals surface area contributed by atoms with Crippen molar-refractivity contribution >= 4 is 18.1 Å². The van der Waals surface area contributed by atoms with Gasteiger partial charge in [0.1, 0.15) is 0 Å². The van der Waals surface area contributed by atoms with Crippen molar-refractivity contribution in [2.24, 2.45) is 11.1 Å². The number of anilines is 1. The lowest BCUT2D eigenvalue weighted by Gasteiger charge is -2.71. The van der Waals surface area contributed by atoms with Crippen LogP contribution in [0.1, 0.15) is 31.7 Å². The monoisotopic (exact) mass is 390 g/mol. The molecule has 3 aliphatic carbocycles. The summed E-state index contributed by atoms with van der Waals surface area (Å²) < 4.78 is 44.9. The molecule has 26 heavy (non-hydrogen) atoms. The van der Waals surface area contributed by atoms with E-state index >= 15 is 0 Å². The van der Waals surface area contributed by atoms with E-state index in [0.717, 1.165) is 25.3 Å². The lowest BCUT2D eigenvalue weighted by Crippen LogP contribution is -2.76. The Kier molecular flexibility index (Phi) is 4.15. The number of alkyl halides is 3. The Labute approximate surface area is 152 Å². The molecule has 0 radical (unpaired) electrons. The molecule has 0 amide bonds. The van der Waals surface area contributed by atoms with Crippen LogP contribution in [-0.2, 0) is 6.18 Å². The molecule has 5 rings (SSSR count). The normalized spacial score (nSPS) is 27.7. The molecule has 6 nitrogen and oxygen atoms in total. The molecule has 1 atom stereocenters. The number of hydrogen-bond acceptors (Lipinski definition) is 5. The van der Waals surface area contributed by atoms with Gasteiger partial charge in [0.05, 0.1) is 5.56 Å². The Morgan fingerprint density at radius 3 is 2.50 bits per heavy atom. The van der Waals surface area contributed by atoms with Gasteiger partial charge in [-0.05, 0) is 49.8 Å². The summed E-state index contributed by atoms with van der Waals surface area (Å²) in [5.41, 5.74) is 5.35. The number of benzene rings is 1. The van der Waals surface area contributed by atoms with E-state index in [9.17, 15) is 18.0 Å². The first-order chi connectivity index (χ1) is 11.6. The highest BCUT2D eigenvalue weighted by atomic mass is 35.5. The highest BCUT2D eigenvalue weighted by Gasteiger charge is 2.67. The van der Waals surface area contributed by atoms with Gasteiger partial charge in [-0.15, -0.1) is 17.5 Å². The van der Waals surface area contributed by atoms with Crippen molar-refractivity contribution < 1.29 is 17.6 Å². The van der Waals surface area contributed by atoms with Crippen molar-refractivity contribution in [1.82, 2.24) is 10.2 Å². The second kappa shape index (κ2) is 5.75. The van der Waals surface area contributed by atoms with Crippen LogP contribution in [-0.4, -0.2) is 21.8 Å². The predicted molar refractivity (Wildman–Crippen MR) is 91.1 cm³/mol. The number of nitrogens with zero attached hydrogens (tertiary/aromatic N) is 1. The zero-order chi connectivity index (χ0) is 18.0. The van der Waals surface area contributed by atoms with Gasteiger partial charge in [0.25, 0.3) is 0 Å². The van der Waals surface area contributed by atoms with Crippen molar-refractivity contribution in [1.29, 1.82) is 0 Å². The van der Waals surface area contributed by atoms with Gasteiger partial charge < -0.3 is 15.5 Å². The van der Waals surface area contributed by atoms with E-state index in [0.29, 0.717) is 0 Å². The Morgan fingerprint density at radius 1 is 1.35 bits per heavy atom. The first-order valence-corrected chi connectivity index (χ1v) is 7.93. The van der Waals surface area contributed by atoms with Gasteiger partial charge in [-0.1, -0.05) is 0 Å². The van der Waals surface area contributed by atoms with E-state index in [-0.39, 0.29) is 46.5 Å². The minimum Gasteiger partial charge on any atom is -0.388 e. The number of rotatable bonds is 4. The van der Waals surface area contributed by atoms with Gasteiger partial charge >= 0.3 is 11.9 Å². The first-order valence-electron chi connectivity index (χ1n) is 7.93. The molecule has 2 bridgehead atoms. The zero-order valence-electron chi connectivity index (χ0n) is 13.8. The van der Waals surface area contributed by atoms with Crippen molar-refractivity contribution in [2.75, 3.05) is 5.32 Å². The molecule has 0 unspecified atom stereocenters. The number of aromatic amines is 1. The summed E-state index contributed by atoms with van der Waals surface area (Å²) in [6.07, 6.45) is -2.03. The minimum absolute atomic E-state index is 0. The van der Waals surface area contributed by atoms with E-state index < -0.39 is 17.5 Å². The van der Waals surface area contributed by atoms with Gasteiger partial charge in [0.2, 0.25) is 5.89 Å². The van der Waals surface area contributed by atoms with E-state index in [1.807, 2.05) is 6.92 Å². The van der Waals surface area contributed by atoms with Crippen LogP contribution >= 0.6 is 12.4 Å². The van der Waals surface area contributed by atoms with Crippen LogP contribution in [0.5, 0.6) is 0 Å². The van der Waals surface area contributed by atoms with Gasteiger partial charge in [-0.3, -0.25) is 0 Å². The molecule has 10 heteroatoms. The SMILES string of the molecule is C[C@H](Nc1cc(-c2n[nH]c(=O)o2)ccc1C(F)(F)F)C12CC(N)(C1)C2.Cl. The molecule has 1 aromatic heterocycles. The second-order valence-electron chi connectivity index (χ2n) is 7.30. The van der Waals surface area contributed by atoms with Crippen molar-refractivity contribution in [3.05, 3.63) is 34.3 Å². The Bertz CT molecular complexity index is 872. The maximum absolute atomic E-state index is 13.3. The minimum atomic E-state index is -4.50. The maximum atomic E-state index is 13.3. The van der Waals surface area contributed by atoms with Crippen molar-refractivity contribution in [3.8, 4) is 11.5 Å². The third-order valence-corrected chi connectivity index (χ3v) is 5.41. The Morgan fingerprint density at radius 2 is 2.00 bits per heavy atom. The molecule has 3 fully saturated rings. The topological polar surface area (TPSA) is 96.9 Å². The van der Waals surface area contributed by atoms with Gasteiger partial charge in [0.15, 0.2) is 0 Å². The molecule has 3 aliphatic rings. The number of H-pyrrole nitrogens is 1. The van der Waals surface area contributed by atoms with E-state index in [1.54, 1.807) is 0 Å². The van der Waals surface area contributed by atoms with Crippen LogP contribution in [0.4, 0.5) is 18.9 Å². The Hall–Kier alpha value is -2.00. The lowest BCUT2D eigenvalue weighted by atomic mass is 9.37. The highest BCUT2D eigenvalue weighted by Crippen LogP contribution is 2.67.